The minimum Gasteiger partial charge on any atom is -0.497 e. The SMILES string of the molecule is CCCN1CC[C@H](COc2ccc3c(c2)C(=O)NC3)[C@@H](c2ccc(OC)cc2)CC1. The summed E-state index contributed by atoms with van der Waals surface area (Å²) in [5.41, 5.74) is 3.15. The molecule has 4 rings (SSSR count). The molecule has 0 unspecified atom stereocenters. The maximum Gasteiger partial charge on any atom is 0.252 e. The first-order valence-electron chi connectivity index (χ1n) is 11.1. The van der Waals surface area contributed by atoms with Crippen molar-refractivity contribution in [3.05, 3.63) is 59.2 Å². The molecule has 5 heteroatoms. The maximum absolute atomic E-state index is 12.0. The Balaban J connectivity index is 1.49. The van der Waals surface area contributed by atoms with Gasteiger partial charge in [-0.25, -0.2) is 0 Å². The van der Waals surface area contributed by atoms with Crippen molar-refractivity contribution >= 4 is 5.91 Å². The maximum atomic E-state index is 12.0. The molecule has 2 aromatic rings. The Bertz CT molecular complexity index is 865. The number of hydrogen-bond acceptors (Lipinski definition) is 4. The molecule has 2 aliphatic rings. The lowest BCUT2D eigenvalue weighted by Gasteiger charge is -2.25. The van der Waals surface area contributed by atoms with Crippen LogP contribution in [0, 0.1) is 5.92 Å². The van der Waals surface area contributed by atoms with Gasteiger partial charge in [0.1, 0.15) is 11.5 Å². The summed E-state index contributed by atoms with van der Waals surface area (Å²) < 4.78 is 11.6. The van der Waals surface area contributed by atoms with E-state index >= 15 is 0 Å². The van der Waals surface area contributed by atoms with Gasteiger partial charge in [-0.3, -0.25) is 4.79 Å². The summed E-state index contributed by atoms with van der Waals surface area (Å²) in [6.45, 7) is 6.92. The van der Waals surface area contributed by atoms with Crippen molar-refractivity contribution in [1.82, 2.24) is 10.2 Å². The van der Waals surface area contributed by atoms with Gasteiger partial charge in [0.05, 0.1) is 13.7 Å². The van der Waals surface area contributed by atoms with Crippen LogP contribution in [0.3, 0.4) is 0 Å². The minimum atomic E-state index is -0.00349. The fourth-order valence-corrected chi connectivity index (χ4v) is 4.73. The smallest absolute Gasteiger partial charge is 0.252 e. The molecule has 30 heavy (non-hydrogen) atoms. The number of fused-ring (bicyclic) bond motifs is 1. The molecule has 1 N–H and O–H groups in total. The molecule has 2 aromatic carbocycles. The van der Waals surface area contributed by atoms with Gasteiger partial charge in [-0.2, -0.15) is 0 Å². The third kappa shape index (κ3) is 4.62. The van der Waals surface area contributed by atoms with Gasteiger partial charge in [-0.1, -0.05) is 25.1 Å². The molecule has 0 radical (unpaired) electrons. The molecule has 0 saturated carbocycles. The number of likely N-dealkylation sites (tertiary alicyclic amines) is 1. The molecule has 160 valence electrons. The Morgan fingerprint density at radius 1 is 1.07 bits per heavy atom. The van der Waals surface area contributed by atoms with E-state index in [9.17, 15) is 4.79 Å². The van der Waals surface area contributed by atoms with Crippen molar-refractivity contribution in [2.75, 3.05) is 33.4 Å². The van der Waals surface area contributed by atoms with E-state index in [1.807, 2.05) is 18.2 Å². The average molecular weight is 409 g/mol. The Labute approximate surface area is 179 Å². The zero-order valence-corrected chi connectivity index (χ0v) is 18.0. The van der Waals surface area contributed by atoms with Crippen LogP contribution in [-0.2, 0) is 6.54 Å². The molecule has 5 nitrogen and oxygen atoms in total. The van der Waals surface area contributed by atoms with E-state index in [0.717, 1.165) is 55.1 Å². The van der Waals surface area contributed by atoms with Gasteiger partial charge in [0, 0.05) is 18.0 Å². The summed E-state index contributed by atoms with van der Waals surface area (Å²) in [7, 11) is 1.71. The van der Waals surface area contributed by atoms with Crippen LogP contribution < -0.4 is 14.8 Å². The summed E-state index contributed by atoms with van der Waals surface area (Å²) >= 11 is 0. The fourth-order valence-electron chi connectivity index (χ4n) is 4.73. The van der Waals surface area contributed by atoms with Crippen molar-refractivity contribution in [1.29, 1.82) is 0 Å². The van der Waals surface area contributed by atoms with Gasteiger partial charge in [0.25, 0.3) is 5.91 Å². The van der Waals surface area contributed by atoms with Gasteiger partial charge < -0.3 is 19.7 Å². The molecule has 1 amide bonds. The first-order valence-corrected chi connectivity index (χ1v) is 11.1. The quantitative estimate of drug-likeness (QED) is 0.745. The largest absolute Gasteiger partial charge is 0.497 e. The second-order valence-electron chi connectivity index (χ2n) is 8.37. The second-order valence-corrected chi connectivity index (χ2v) is 8.37. The van der Waals surface area contributed by atoms with Crippen molar-refractivity contribution in [3.63, 3.8) is 0 Å². The monoisotopic (exact) mass is 408 g/mol. The molecule has 0 spiro atoms. The number of nitrogens with one attached hydrogen (secondary N) is 1. The Morgan fingerprint density at radius 2 is 1.83 bits per heavy atom. The molecule has 1 saturated heterocycles. The van der Waals surface area contributed by atoms with Crippen LogP contribution in [-0.4, -0.2) is 44.2 Å². The van der Waals surface area contributed by atoms with Crippen LogP contribution in [0.4, 0.5) is 0 Å². The van der Waals surface area contributed by atoms with Crippen LogP contribution in [0.5, 0.6) is 11.5 Å². The highest BCUT2D eigenvalue weighted by molar-refractivity contribution is 5.98. The van der Waals surface area contributed by atoms with Crippen LogP contribution >= 0.6 is 0 Å². The van der Waals surface area contributed by atoms with Crippen molar-refractivity contribution in [2.24, 2.45) is 5.92 Å². The summed E-state index contributed by atoms with van der Waals surface area (Å²) in [6, 6.07) is 14.4. The Hall–Kier alpha value is -2.53. The van der Waals surface area contributed by atoms with E-state index in [4.69, 9.17) is 9.47 Å². The van der Waals surface area contributed by atoms with E-state index in [1.54, 1.807) is 7.11 Å². The zero-order chi connectivity index (χ0) is 20.9. The molecular weight excluding hydrogens is 376 g/mol. The van der Waals surface area contributed by atoms with E-state index in [1.165, 1.54) is 12.0 Å². The highest BCUT2D eigenvalue weighted by Crippen LogP contribution is 2.35. The van der Waals surface area contributed by atoms with E-state index in [0.29, 0.717) is 25.0 Å². The summed E-state index contributed by atoms with van der Waals surface area (Å²) in [4.78, 5) is 14.6. The van der Waals surface area contributed by atoms with Gasteiger partial charge >= 0.3 is 0 Å². The molecule has 0 aromatic heterocycles. The number of rotatable bonds is 7. The van der Waals surface area contributed by atoms with Crippen LogP contribution in [0.2, 0.25) is 0 Å². The highest BCUT2D eigenvalue weighted by Gasteiger charge is 2.28. The number of nitrogens with zero attached hydrogens (tertiary/aromatic N) is 1. The Kier molecular flexibility index (Phi) is 6.58. The molecule has 1 fully saturated rings. The Morgan fingerprint density at radius 3 is 2.60 bits per heavy atom. The van der Waals surface area contributed by atoms with Crippen LogP contribution in [0.15, 0.2) is 42.5 Å². The highest BCUT2D eigenvalue weighted by atomic mass is 16.5. The topological polar surface area (TPSA) is 50.8 Å². The van der Waals surface area contributed by atoms with Gasteiger partial charge in [-0.15, -0.1) is 0 Å². The minimum absolute atomic E-state index is 0.00349. The van der Waals surface area contributed by atoms with Gasteiger partial charge in [-0.05, 0) is 80.2 Å². The van der Waals surface area contributed by atoms with Gasteiger partial charge in [0.15, 0.2) is 0 Å². The molecular formula is C25H32N2O3. The van der Waals surface area contributed by atoms with Crippen LogP contribution in [0.25, 0.3) is 0 Å². The molecule has 0 aliphatic carbocycles. The molecule has 2 aliphatic heterocycles. The van der Waals surface area contributed by atoms with Crippen LogP contribution in [0.1, 0.15) is 53.6 Å². The lowest BCUT2D eigenvalue weighted by Crippen LogP contribution is -2.25. The summed E-state index contributed by atoms with van der Waals surface area (Å²) in [5, 5.41) is 2.87. The summed E-state index contributed by atoms with van der Waals surface area (Å²) in [5.74, 6) is 2.56. The zero-order valence-electron chi connectivity index (χ0n) is 18.0. The van der Waals surface area contributed by atoms with Crippen molar-refractivity contribution in [3.8, 4) is 11.5 Å². The molecule has 2 heterocycles. The number of ether oxygens (including phenoxy) is 2. The number of methoxy groups -OCH3 is 1. The fraction of sp³-hybridized carbons (Fsp3) is 0.480. The second kappa shape index (κ2) is 9.52. The van der Waals surface area contributed by atoms with E-state index in [-0.39, 0.29) is 5.91 Å². The van der Waals surface area contributed by atoms with Crippen molar-refractivity contribution in [2.45, 2.75) is 38.6 Å². The van der Waals surface area contributed by atoms with E-state index < -0.39 is 0 Å². The number of carbonyl (C=O) groups excluding carboxylic acids is 1. The number of amides is 1. The normalized spacial score (nSPS) is 21.6. The predicted molar refractivity (Wildman–Crippen MR) is 118 cm³/mol. The van der Waals surface area contributed by atoms with E-state index in [2.05, 4.69) is 41.4 Å². The third-order valence-electron chi connectivity index (χ3n) is 6.45. The number of hydrogen-bond donors (Lipinski definition) is 1. The standard InChI is InChI=1S/C25H32N2O3/c1-3-12-27-13-10-20(23(11-14-27)18-4-7-21(29-2)8-5-18)17-30-22-9-6-19-16-26-25(28)24(19)15-22/h4-9,15,20,23H,3,10-14,16-17H2,1-2H3,(H,26,28)/t20-,23-/m1/s1. The number of carbonyl (C=O) groups is 1. The first-order chi connectivity index (χ1) is 14.7. The van der Waals surface area contributed by atoms with Gasteiger partial charge in [0.2, 0.25) is 0 Å². The first kappa shape index (κ1) is 20.7. The lowest BCUT2D eigenvalue weighted by atomic mass is 9.83. The predicted octanol–water partition coefficient (Wildman–Crippen LogP) is 4.22. The molecule has 2 atom stereocenters. The number of benzene rings is 2. The average Bonchev–Trinajstić information content (AvgIpc) is 3.02. The summed E-state index contributed by atoms with van der Waals surface area (Å²) in [6.07, 6.45) is 3.43. The molecule has 0 bridgehead atoms. The third-order valence-corrected chi connectivity index (χ3v) is 6.45. The lowest BCUT2D eigenvalue weighted by molar-refractivity contribution is 0.0965. The van der Waals surface area contributed by atoms with Crippen molar-refractivity contribution < 1.29 is 14.3 Å².